The van der Waals surface area contributed by atoms with Crippen LogP contribution in [-0.2, 0) is 0 Å². The van der Waals surface area contributed by atoms with Gasteiger partial charge in [0.05, 0.1) is 5.56 Å². The van der Waals surface area contributed by atoms with Gasteiger partial charge in [0.15, 0.2) is 0 Å². The molecule has 2 aromatic carbocycles. The monoisotopic (exact) mass is 349 g/mol. The first-order valence-corrected chi connectivity index (χ1v) is 9.25. The second-order valence-electron chi connectivity index (χ2n) is 7.52. The predicted octanol–water partition coefficient (Wildman–Crippen LogP) is 4.91. The van der Waals surface area contributed by atoms with Crippen LogP contribution in [0, 0.1) is 5.92 Å². The van der Waals surface area contributed by atoms with Crippen molar-refractivity contribution in [2.75, 3.05) is 20.6 Å². The average molecular weight is 349 g/mol. The van der Waals surface area contributed by atoms with Crippen LogP contribution in [0.4, 0.5) is 0 Å². The van der Waals surface area contributed by atoms with E-state index in [1.165, 1.54) is 17.6 Å². The Morgan fingerprint density at radius 1 is 1.15 bits per heavy atom. The number of rotatable bonds is 5. The van der Waals surface area contributed by atoms with E-state index in [1.807, 2.05) is 12.1 Å². The molecule has 1 N–H and O–H groups in total. The zero-order valence-corrected chi connectivity index (χ0v) is 15.6. The van der Waals surface area contributed by atoms with E-state index in [4.69, 9.17) is 0 Å². The summed E-state index contributed by atoms with van der Waals surface area (Å²) in [6.45, 7) is 1.10. The van der Waals surface area contributed by atoms with Gasteiger partial charge >= 0.3 is 5.97 Å². The van der Waals surface area contributed by atoms with E-state index in [9.17, 15) is 9.90 Å². The zero-order chi connectivity index (χ0) is 18.5. The Kier molecular flexibility index (Phi) is 5.89. The summed E-state index contributed by atoms with van der Waals surface area (Å²) in [5.41, 5.74) is 4.15. The first-order valence-electron chi connectivity index (χ1n) is 9.25. The number of hydrogen-bond acceptors (Lipinski definition) is 2. The van der Waals surface area contributed by atoms with Crippen LogP contribution in [0.5, 0.6) is 0 Å². The Bertz CT molecular complexity index is 780. The van der Waals surface area contributed by atoms with Gasteiger partial charge in [0.2, 0.25) is 0 Å². The van der Waals surface area contributed by atoms with Crippen LogP contribution < -0.4 is 0 Å². The SMILES string of the molecule is CN(C)CC1CC/C(=C\c2cccc(C(=O)O)c2)CC1c1ccccc1. The molecule has 0 aromatic heterocycles. The highest BCUT2D eigenvalue weighted by atomic mass is 16.4. The van der Waals surface area contributed by atoms with Crippen LogP contribution in [0.25, 0.3) is 6.08 Å². The Morgan fingerprint density at radius 2 is 1.92 bits per heavy atom. The second kappa shape index (κ2) is 8.33. The summed E-state index contributed by atoms with van der Waals surface area (Å²) in [5.74, 6) is 0.290. The van der Waals surface area contributed by atoms with Gasteiger partial charge in [-0.2, -0.15) is 0 Å². The van der Waals surface area contributed by atoms with Crippen molar-refractivity contribution >= 4 is 12.0 Å². The number of carboxylic acids is 1. The quantitative estimate of drug-likeness (QED) is 0.833. The molecule has 3 heteroatoms. The van der Waals surface area contributed by atoms with Crippen molar-refractivity contribution in [3.63, 3.8) is 0 Å². The minimum Gasteiger partial charge on any atom is -0.478 e. The van der Waals surface area contributed by atoms with Gasteiger partial charge in [-0.25, -0.2) is 4.79 Å². The molecule has 2 atom stereocenters. The molecule has 0 saturated heterocycles. The maximum Gasteiger partial charge on any atom is 0.335 e. The third-order valence-electron chi connectivity index (χ3n) is 5.22. The molecule has 2 unspecified atom stereocenters. The molecule has 0 bridgehead atoms. The molecule has 26 heavy (non-hydrogen) atoms. The van der Waals surface area contributed by atoms with Crippen LogP contribution in [0.1, 0.15) is 46.7 Å². The molecule has 2 aromatic rings. The lowest BCUT2D eigenvalue weighted by atomic mass is 9.73. The summed E-state index contributed by atoms with van der Waals surface area (Å²) >= 11 is 0. The molecule has 1 fully saturated rings. The lowest BCUT2D eigenvalue weighted by molar-refractivity contribution is 0.0697. The van der Waals surface area contributed by atoms with Gasteiger partial charge in [-0.1, -0.05) is 54.1 Å². The smallest absolute Gasteiger partial charge is 0.335 e. The second-order valence-corrected chi connectivity index (χ2v) is 7.52. The molecule has 3 nitrogen and oxygen atoms in total. The summed E-state index contributed by atoms with van der Waals surface area (Å²) < 4.78 is 0. The van der Waals surface area contributed by atoms with Crippen molar-refractivity contribution in [3.05, 3.63) is 76.9 Å². The maximum absolute atomic E-state index is 11.2. The number of aromatic carboxylic acids is 1. The molecule has 0 radical (unpaired) electrons. The Labute approximate surface area is 156 Å². The maximum atomic E-state index is 11.2. The number of carbonyl (C=O) groups is 1. The van der Waals surface area contributed by atoms with E-state index in [0.29, 0.717) is 17.4 Å². The fraction of sp³-hybridized carbons (Fsp3) is 0.348. The minimum absolute atomic E-state index is 0.347. The average Bonchev–Trinajstić information content (AvgIpc) is 2.63. The van der Waals surface area contributed by atoms with E-state index >= 15 is 0 Å². The van der Waals surface area contributed by atoms with Crippen LogP contribution in [0.15, 0.2) is 60.2 Å². The molecule has 0 aliphatic heterocycles. The normalized spacial score (nSPS) is 21.9. The highest BCUT2D eigenvalue weighted by Crippen LogP contribution is 2.41. The molecule has 1 aliphatic carbocycles. The fourth-order valence-electron chi connectivity index (χ4n) is 4.03. The lowest BCUT2D eigenvalue weighted by Crippen LogP contribution is -2.29. The van der Waals surface area contributed by atoms with Crippen molar-refractivity contribution in [1.29, 1.82) is 0 Å². The summed E-state index contributed by atoms with van der Waals surface area (Å²) in [4.78, 5) is 13.5. The van der Waals surface area contributed by atoms with Crippen LogP contribution in [0.3, 0.4) is 0 Å². The summed E-state index contributed by atoms with van der Waals surface area (Å²) in [5, 5.41) is 9.20. The number of nitrogens with zero attached hydrogens (tertiary/aromatic N) is 1. The third kappa shape index (κ3) is 4.61. The highest BCUT2D eigenvalue weighted by molar-refractivity contribution is 5.88. The molecular weight excluding hydrogens is 322 g/mol. The Balaban J connectivity index is 1.85. The van der Waals surface area contributed by atoms with Crippen molar-refractivity contribution < 1.29 is 9.90 Å². The Hall–Kier alpha value is -2.39. The van der Waals surface area contributed by atoms with Crippen LogP contribution >= 0.6 is 0 Å². The van der Waals surface area contributed by atoms with Gasteiger partial charge in [0.25, 0.3) is 0 Å². The number of carboxylic acid groups (broad SMARTS) is 1. The molecule has 0 amide bonds. The molecule has 1 aliphatic rings. The predicted molar refractivity (Wildman–Crippen MR) is 106 cm³/mol. The minimum atomic E-state index is -0.873. The van der Waals surface area contributed by atoms with Crippen molar-refractivity contribution in [3.8, 4) is 0 Å². The Morgan fingerprint density at radius 3 is 2.62 bits per heavy atom. The van der Waals surface area contributed by atoms with Gasteiger partial charge < -0.3 is 10.0 Å². The molecule has 0 heterocycles. The third-order valence-corrected chi connectivity index (χ3v) is 5.22. The van der Waals surface area contributed by atoms with E-state index in [0.717, 1.165) is 24.9 Å². The van der Waals surface area contributed by atoms with Gasteiger partial charge in [0.1, 0.15) is 0 Å². The topological polar surface area (TPSA) is 40.5 Å². The van der Waals surface area contributed by atoms with E-state index < -0.39 is 5.97 Å². The van der Waals surface area contributed by atoms with Gasteiger partial charge in [-0.05, 0) is 68.5 Å². The number of benzene rings is 2. The molecule has 0 spiro atoms. The summed E-state index contributed by atoms with van der Waals surface area (Å²) in [6.07, 6.45) is 5.48. The van der Waals surface area contributed by atoms with Crippen molar-refractivity contribution in [1.82, 2.24) is 4.90 Å². The van der Waals surface area contributed by atoms with Crippen LogP contribution in [-0.4, -0.2) is 36.6 Å². The summed E-state index contributed by atoms with van der Waals surface area (Å²) in [6, 6.07) is 18.0. The largest absolute Gasteiger partial charge is 0.478 e. The lowest BCUT2D eigenvalue weighted by Gasteiger charge is -2.35. The first-order chi connectivity index (χ1) is 12.5. The molecule has 136 valence electrons. The van der Waals surface area contributed by atoms with Crippen LogP contribution in [0.2, 0.25) is 0 Å². The van der Waals surface area contributed by atoms with E-state index in [-0.39, 0.29) is 0 Å². The molecule has 3 rings (SSSR count). The van der Waals surface area contributed by atoms with Gasteiger partial charge in [-0.3, -0.25) is 0 Å². The fourth-order valence-corrected chi connectivity index (χ4v) is 4.03. The van der Waals surface area contributed by atoms with Crippen molar-refractivity contribution in [2.45, 2.75) is 25.2 Å². The number of hydrogen-bond donors (Lipinski definition) is 1. The van der Waals surface area contributed by atoms with Crippen molar-refractivity contribution in [2.24, 2.45) is 5.92 Å². The van der Waals surface area contributed by atoms with Gasteiger partial charge in [-0.15, -0.1) is 0 Å². The molecule has 1 saturated carbocycles. The van der Waals surface area contributed by atoms with E-state index in [2.05, 4.69) is 55.4 Å². The molecular formula is C23H27NO2. The van der Waals surface area contributed by atoms with E-state index in [1.54, 1.807) is 12.1 Å². The summed E-state index contributed by atoms with van der Waals surface area (Å²) in [7, 11) is 4.29. The number of allylic oxidation sites excluding steroid dienone is 1. The first kappa shape index (κ1) is 18.4. The van der Waals surface area contributed by atoms with Gasteiger partial charge in [0, 0.05) is 6.54 Å². The highest BCUT2D eigenvalue weighted by Gasteiger charge is 2.29. The standard InChI is InChI=1S/C23H27NO2/c1-24(2)16-21-12-11-18(15-22(21)19-8-4-3-5-9-19)13-17-7-6-10-20(14-17)23(25)26/h3-10,13-14,21-22H,11-12,15-16H2,1-2H3,(H,25,26)/b18-13+. The zero-order valence-electron chi connectivity index (χ0n) is 15.6.